The molecule has 2 unspecified atom stereocenters. The second kappa shape index (κ2) is 7.09. The number of ether oxygens (including phenoxy) is 1. The molecule has 0 aliphatic heterocycles. The first-order valence-corrected chi connectivity index (χ1v) is 10.3. The molecule has 1 aromatic heterocycles. The number of hydrogen-bond donors (Lipinski definition) is 1. The van der Waals surface area contributed by atoms with E-state index < -0.39 is 5.41 Å². The minimum absolute atomic E-state index is 0.0134. The van der Waals surface area contributed by atoms with Gasteiger partial charge in [-0.25, -0.2) is 4.98 Å². The normalized spacial score (nSPS) is 20.9. The number of amides is 1. The largest absolute Gasteiger partial charge is 0.497 e. The monoisotopic (exact) mass is 442 g/mol. The number of carbonyl (C=O) groups is 1. The molecule has 2 atom stereocenters. The number of thiazole rings is 1. The van der Waals surface area contributed by atoms with Crippen molar-refractivity contribution < 1.29 is 9.53 Å². The number of methoxy groups -OCH3 is 1. The minimum Gasteiger partial charge on any atom is -0.497 e. The Hall–Kier alpha value is -2.18. The van der Waals surface area contributed by atoms with Crippen LogP contribution >= 0.6 is 27.3 Å². The van der Waals surface area contributed by atoms with Gasteiger partial charge >= 0.3 is 0 Å². The van der Waals surface area contributed by atoms with E-state index in [-0.39, 0.29) is 11.8 Å². The summed E-state index contributed by atoms with van der Waals surface area (Å²) in [7, 11) is 1.67. The summed E-state index contributed by atoms with van der Waals surface area (Å²) in [6.45, 7) is 2.04. The van der Waals surface area contributed by atoms with Crippen LogP contribution in [0.4, 0.5) is 5.13 Å². The van der Waals surface area contributed by atoms with Gasteiger partial charge in [0.15, 0.2) is 5.13 Å². The number of nitrogens with one attached hydrogen (secondary N) is 1. The van der Waals surface area contributed by atoms with Crippen LogP contribution in [-0.2, 0) is 11.2 Å². The highest BCUT2D eigenvalue weighted by atomic mass is 79.9. The highest BCUT2D eigenvalue weighted by Gasteiger charge is 2.49. The van der Waals surface area contributed by atoms with Gasteiger partial charge in [0.05, 0.1) is 12.5 Å². The second-order valence-corrected chi connectivity index (χ2v) is 8.75. The molecule has 1 heterocycles. The third-order valence-corrected chi connectivity index (χ3v) is 6.45. The molecule has 6 heteroatoms. The minimum atomic E-state index is -0.617. The van der Waals surface area contributed by atoms with E-state index in [1.54, 1.807) is 13.3 Å². The first kappa shape index (κ1) is 18.2. The predicted octanol–water partition coefficient (Wildman–Crippen LogP) is 5.25. The number of carbonyl (C=O) groups excluding carboxylic acids is 1. The van der Waals surface area contributed by atoms with Crippen molar-refractivity contribution in [2.24, 2.45) is 5.41 Å². The molecule has 0 spiro atoms. The van der Waals surface area contributed by atoms with Crippen LogP contribution < -0.4 is 10.1 Å². The lowest BCUT2D eigenvalue weighted by Gasteiger charge is -2.31. The lowest BCUT2D eigenvalue weighted by atomic mass is 9.73. The fourth-order valence-electron chi connectivity index (χ4n) is 3.91. The number of nitrogens with zero attached hydrogens (tertiary/aromatic N) is 1. The van der Waals surface area contributed by atoms with Crippen molar-refractivity contribution in [2.45, 2.75) is 19.3 Å². The van der Waals surface area contributed by atoms with Crippen LogP contribution in [0.25, 0.3) is 0 Å². The molecule has 1 aliphatic carbocycles. The standard InChI is InChI=1S/C21H19BrN2O2S/c1-21(19(25)24-20-23-9-10-27-20)12-14-5-8-16(26-2)11-17(14)18(21)13-3-6-15(22)7-4-13/h3-11,18H,12H2,1-2H3,(H,23,24,25). The van der Waals surface area contributed by atoms with Gasteiger partial charge in [0.1, 0.15) is 5.75 Å². The van der Waals surface area contributed by atoms with Crippen LogP contribution in [-0.4, -0.2) is 18.0 Å². The molecule has 0 saturated heterocycles. The molecule has 1 amide bonds. The van der Waals surface area contributed by atoms with Crippen molar-refractivity contribution in [1.82, 2.24) is 4.98 Å². The molecule has 27 heavy (non-hydrogen) atoms. The van der Waals surface area contributed by atoms with Gasteiger partial charge in [-0.3, -0.25) is 4.79 Å². The zero-order valence-electron chi connectivity index (χ0n) is 15.0. The van der Waals surface area contributed by atoms with Crippen molar-refractivity contribution in [2.75, 3.05) is 12.4 Å². The summed E-state index contributed by atoms with van der Waals surface area (Å²) < 4.78 is 6.46. The van der Waals surface area contributed by atoms with Gasteiger partial charge in [-0.1, -0.05) is 34.1 Å². The zero-order valence-corrected chi connectivity index (χ0v) is 17.4. The van der Waals surface area contributed by atoms with E-state index >= 15 is 0 Å². The highest BCUT2D eigenvalue weighted by molar-refractivity contribution is 9.10. The van der Waals surface area contributed by atoms with Gasteiger partial charge in [0.25, 0.3) is 0 Å². The van der Waals surface area contributed by atoms with Crippen LogP contribution in [0.15, 0.2) is 58.5 Å². The molecule has 3 aromatic rings. The predicted molar refractivity (Wildman–Crippen MR) is 112 cm³/mol. The third-order valence-electron chi connectivity index (χ3n) is 5.23. The number of hydrogen-bond acceptors (Lipinski definition) is 4. The maximum absolute atomic E-state index is 13.3. The molecule has 0 radical (unpaired) electrons. The van der Waals surface area contributed by atoms with Gasteiger partial charge in [-0.05, 0) is 54.3 Å². The lowest BCUT2D eigenvalue weighted by molar-refractivity contribution is -0.125. The summed E-state index contributed by atoms with van der Waals surface area (Å²) in [5, 5.41) is 5.50. The van der Waals surface area contributed by atoms with E-state index in [9.17, 15) is 4.79 Å². The number of halogens is 1. The maximum atomic E-state index is 13.3. The van der Waals surface area contributed by atoms with Crippen LogP contribution in [0.1, 0.15) is 29.5 Å². The smallest absolute Gasteiger partial charge is 0.233 e. The molecule has 4 rings (SSSR count). The lowest BCUT2D eigenvalue weighted by Crippen LogP contribution is -2.37. The molecule has 0 bridgehead atoms. The first-order chi connectivity index (χ1) is 13.0. The summed E-state index contributed by atoms with van der Waals surface area (Å²) in [4.78, 5) is 17.5. The summed E-state index contributed by atoms with van der Waals surface area (Å²) in [6.07, 6.45) is 2.37. The highest BCUT2D eigenvalue weighted by Crippen LogP contribution is 2.52. The van der Waals surface area contributed by atoms with E-state index in [4.69, 9.17) is 4.74 Å². The van der Waals surface area contributed by atoms with Crippen molar-refractivity contribution in [3.8, 4) is 5.75 Å². The summed E-state index contributed by atoms with van der Waals surface area (Å²) in [5.41, 5.74) is 2.82. The third kappa shape index (κ3) is 3.28. The van der Waals surface area contributed by atoms with Crippen molar-refractivity contribution in [3.63, 3.8) is 0 Å². The second-order valence-electron chi connectivity index (χ2n) is 6.93. The van der Waals surface area contributed by atoms with E-state index in [1.807, 2.05) is 30.5 Å². The van der Waals surface area contributed by atoms with Gasteiger partial charge < -0.3 is 10.1 Å². The van der Waals surface area contributed by atoms with Gasteiger partial charge in [0.2, 0.25) is 5.91 Å². The van der Waals surface area contributed by atoms with Gasteiger partial charge in [-0.2, -0.15) is 0 Å². The number of benzene rings is 2. The van der Waals surface area contributed by atoms with E-state index in [0.29, 0.717) is 11.6 Å². The molecule has 4 nitrogen and oxygen atoms in total. The molecule has 138 valence electrons. The fraction of sp³-hybridized carbons (Fsp3) is 0.238. The molecule has 0 fully saturated rings. The van der Waals surface area contributed by atoms with Crippen molar-refractivity contribution >= 4 is 38.3 Å². The van der Waals surface area contributed by atoms with Gasteiger partial charge in [0, 0.05) is 22.0 Å². The topological polar surface area (TPSA) is 51.2 Å². The maximum Gasteiger partial charge on any atom is 0.233 e. The van der Waals surface area contributed by atoms with E-state index in [0.717, 1.165) is 21.3 Å². The molecule has 0 saturated carbocycles. The fourth-order valence-corrected chi connectivity index (χ4v) is 4.70. The van der Waals surface area contributed by atoms with Crippen molar-refractivity contribution in [1.29, 1.82) is 0 Å². The van der Waals surface area contributed by atoms with E-state index in [1.165, 1.54) is 16.9 Å². The Balaban J connectivity index is 1.80. The Kier molecular flexibility index (Phi) is 4.78. The Labute approximate surface area is 170 Å². The summed E-state index contributed by atoms with van der Waals surface area (Å²) in [6, 6.07) is 14.3. The quantitative estimate of drug-likeness (QED) is 0.600. The average molecular weight is 443 g/mol. The molecule has 2 aromatic carbocycles. The number of anilines is 1. The zero-order chi connectivity index (χ0) is 19.0. The average Bonchev–Trinajstić information content (AvgIpc) is 3.27. The Morgan fingerprint density at radius 2 is 2.07 bits per heavy atom. The van der Waals surface area contributed by atoms with Gasteiger partial charge in [-0.15, -0.1) is 11.3 Å². The molecular formula is C21H19BrN2O2S. The Morgan fingerprint density at radius 3 is 2.74 bits per heavy atom. The van der Waals surface area contributed by atoms with Crippen LogP contribution in [0.5, 0.6) is 5.75 Å². The molecule has 1 aliphatic rings. The number of rotatable bonds is 4. The van der Waals surface area contributed by atoms with Crippen LogP contribution in [0.3, 0.4) is 0 Å². The summed E-state index contributed by atoms with van der Waals surface area (Å²) in [5.74, 6) is 0.733. The number of aromatic nitrogens is 1. The van der Waals surface area contributed by atoms with Crippen LogP contribution in [0.2, 0.25) is 0 Å². The number of fused-ring (bicyclic) bond motifs is 1. The molecular weight excluding hydrogens is 424 g/mol. The molecule has 1 N–H and O–H groups in total. The van der Waals surface area contributed by atoms with Crippen LogP contribution in [0, 0.1) is 5.41 Å². The van der Waals surface area contributed by atoms with E-state index in [2.05, 4.69) is 50.5 Å². The summed E-state index contributed by atoms with van der Waals surface area (Å²) >= 11 is 4.93. The SMILES string of the molecule is COc1ccc2c(c1)C(c1ccc(Br)cc1)C(C)(C(=O)Nc1nccs1)C2. The Bertz CT molecular complexity index is 972. The Morgan fingerprint density at radius 1 is 1.30 bits per heavy atom. The van der Waals surface area contributed by atoms with Crippen molar-refractivity contribution in [3.05, 3.63) is 75.2 Å². The first-order valence-electron chi connectivity index (χ1n) is 8.64.